The summed E-state index contributed by atoms with van der Waals surface area (Å²) in [6.07, 6.45) is 0.231. The molecule has 0 unspecified atom stereocenters. The Balaban J connectivity index is 1.62. The maximum absolute atomic E-state index is 13.9. The van der Waals surface area contributed by atoms with Gasteiger partial charge in [0, 0.05) is 26.2 Å². The van der Waals surface area contributed by atoms with Crippen molar-refractivity contribution in [2.24, 2.45) is 0 Å². The first kappa shape index (κ1) is 18.9. The van der Waals surface area contributed by atoms with Gasteiger partial charge in [-0.25, -0.2) is 8.78 Å². The van der Waals surface area contributed by atoms with E-state index in [0.29, 0.717) is 37.7 Å². The lowest BCUT2D eigenvalue weighted by Crippen LogP contribution is -2.49. The van der Waals surface area contributed by atoms with Crippen molar-refractivity contribution in [3.63, 3.8) is 0 Å². The van der Waals surface area contributed by atoms with Crippen LogP contribution in [-0.2, 0) is 11.2 Å². The number of carbonyl (C=O) groups excluding carboxylic acids is 1. The molecule has 7 heteroatoms. The zero-order valence-corrected chi connectivity index (χ0v) is 15.4. The van der Waals surface area contributed by atoms with Crippen LogP contribution in [0.4, 0.5) is 14.5 Å². The highest BCUT2D eigenvalue weighted by Crippen LogP contribution is 2.28. The largest absolute Gasteiger partial charge is 0.493 e. The Bertz CT molecular complexity index is 801. The molecule has 0 atom stereocenters. The summed E-state index contributed by atoms with van der Waals surface area (Å²) in [5.74, 6) is -0.0204. The molecule has 3 rings (SSSR count). The first-order valence-electron chi connectivity index (χ1n) is 8.71. The maximum atomic E-state index is 13.9. The van der Waals surface area contributed by atoms with E-state index >= 15 is 0 Å². The van der Waals surface area contributed by atoms with Crippen molar-refractivity contribution >= 4 is 11.6 Å². The van der Waals surface area contributed by atoms with Gasteiger partial charge in [-0.05, 0) is 29.8 Å². The van der Waals surface area contributed by atoms with Crippen LogP contribution >= 0.6 is 0 Å². The monoisotopic (exact) mass is 376 g/mol. The van der Waals surface area contributed by atoms with Crippen molar-refractivity contribution in [2.45, 2.75) is 6.42 Å². The number of ether oxygens (including phenoxy) is 2. The van der Waals surface area contributed by atoms with Gasteiger partial charge in [0.25, 0.3) is 0 Å². The minimum absolute atomic E-state index is 0.0236. The van der Waals surface area contributed by atoms with Gasteiger partial charge in [-0.2, -0.15) is 0 Å². The summed E-state index contributed by atoms with van der Waals surface area (Å²) in [6.45, 7) is 1.60. The maximum Gasteiger partial charge on any atom is 0.227 e. The second-order valence-corrected chi connectivity index (χ2v) is 6.30. The van der Waals surface area contributed by atoms with Crippen molar-refractivity contribution in [1.82, 2.24) is 4.90 Å². The van der Waals surface area contributed by atoms with E-state index in [2.05, 4.69) is 0 Å². The van der Waals surface area contributed by atoms with E-state index in [0.717, 1.165) is 5.56 Å². The van der Waals surface area contributed by atoms with Crippen molar-refractivity contribution in [3.8, 4) is 11.5 Å². The summed E-state index contributed by atoms with van der Waals surface area (Å²) >= 11 is 0. The second-order valence-electron chi connectivity index (χ2n) is 6.30. The molecule has 1 aliphatic heterocycles. The van der Waals surface area contributed by atoms with Crippen molar-refractivity contribution in [1.29, 1.82) is 0 Å². The van der Waals surface area contributed by atoms with Gasteiger partial charge in [0.1, 0.15) is 17.3 Å². The summed E-state index contributed by atoms with van der Waals surface area (Å²) < 4.78 is 38.3. The third kappa shape index (κ3) is 4.13. The number of amides is 1. The molecule has 1 fully saturated rings. The molecule has 1 heterocycles. The van der Waals surface area contributed by atoms with E-state index in [4.69, 9.17) is 9.47 Å². The first-order chi connectivity index (χ1) is 13.0. The molecule has 0 N–H and O–H groups in total. The van der Waals surface area contributed by atoms with Gasteiger partial charge in [0.05, 0.1) is 20.6 Å². The molecule has 0 bridgehead atoms. The Morgan fingerprint density at radius 2 is 1.59 bits per heavy atom. The Labute approximate surface area is 157 Å². The zero-order chi connectivity index (χ0) is 19.4. The Morgan fingerprint density at radius 1 is 0.963 bits per heavy atom. The summed E-state index contributed by atoms with van der Waals surface area (Å²) in [4.78, 5) is 15.9. The van der Waals surface area contributed by atoms with E-state index in [9.17, 15) is 13.6 Å². The summed E-state index contributed by atoms with van der Waals surface area (Å²) in [6, 6.07) is 9.20. The predicted octanol–water partition coefficient (Wildman–Crippen LogP) is 2.87. The topological polar surface area (TPSA) is 42.0 Å². The number of benzene rings is 2. The molecule has 1 aliphatic rings. The van der Waals surface area contributed by atoms with Crippen molar-refractivity contribution in [2.75, 3.05) is 45.3 Å². The number of rotatable bonds is 5. The number of methoxy groups -OCH3 is 2. The molecule has 144 valence electrons. The van der Waals surface area contributed by atoms with Crippen LogP contribution in [0.3, 0.4) is 0 Å². The van der Waals surface area contributed by atoms with E-state index in [-0.39, 0.29) is 18.0 Å². The van der Waals surface area contributed by atoms with Crippen molar-refractivity contribution in [3.05, 3.63) is 53.6 Å². The first-order valence-corrected chi connectivity index (χ1v) is 8.71. The molecule has 0 saturated carbocycles. The Kier molecular flexibility index (Phi) is 5.78. The van der Waals surface area contributed by atoms with Gasteiger partial charge in [0.15, 0.2) is 11.5 Å². The molecule has 0 aromatic heterocycles. The minimum atomic E-state index is -0.583. The lowest BCUT2D eigenvalue weighted by atomic mass is 10.1. The molecule has 0 aliphatic carbocycles. The average Bonchev–Trinajstić information content (AvgIpc) is 2.68. The smallest absolute Gasteiger partial charge is 0.227 e. The van der Waals surface area contributed by atoms with Crippen LogP contribution in [0.25, 0.3) is 0 Å². The lowest BCUT2D eigenvalue weighted by molar-refractivity contribution is -0.130. The minimum Gasteiger partial charge on any atom is -0.493 e. The fourth-order valence-corrected chi connectivity index (χ4v) is 3.25. The van der Waals surface area contributed by atoms with Gasteiger partial charge in [0.2, 0.25) is 5.91 Å². The van der Waals surface area contributed by atoms with Crippen LogP contribution in [0.15, 0.2) is 36.4 Å². The number of hydrogen-bond acceptors (Lipinski definition) is 4. The Hall–Kier alpha value is -2.83. The predicted molar refractivity (Wildman–Crippen MR) is 98.4 cm³/mol. The molecule has 0 spiro atoms. The molecule has 5 nitrogen and oxygen atoms in total. The third-order valence-corrected chi connectivity index (χ3v) is 4.69. The third-order valence-electron chi connectivity index (χ3n) is 4.69. The molecule has 2 aromatic rings. The molecule has 1 amide bonds. The highest BCUT2D eigenvalue weighted by molar-refractivity contribution is 5.79. The van der Waals surface area contributed by atoms with Crippen LogP contribution in [0.5, 0.6) is 11.5 Å². The van der Waals surface area contributed by atoms with E-state index in [1.807, 2.05) is 6.07 Å². The molecular formula is C20H22F2N2O3. The number of hydrogen-bond donors (Lipinski definition) is 0. The molecule has 2 aromatic carbocycles. The molecule has 1 saturated heterocycles. The number of halogens is 2. The van der Waals surface area contributed by atoms with E-state index in [1.54, 1.807) is 36.2 Å². The number of nitrogens with zero attached hydrogens (tertiary/aromatic N) is 2. The van der Waals surface area contributed by atoms with Gasteiger partial charge < -0.3 is 19.3 Å². The molecule has 0 radical (unpaired) electrons. The number of para-hydroxylation sites is 1. The van der Waals surface area contributed by atoms with Crippen LogP contribution in [-0.4, -0.2) is 51.2 Å². The normalized spacial score (nSPS) is 14.2. The SMILES string of the molecule is COc1ccc(CC(=O)N2CCN(c3c(F)cccc3F)CC2)cc1OC. The highest BCUT2D eigenvalue weighted by Gasteiger charge is 2.25. The number of carbonyl (C=O) groups is 1. The van der Waals surface area contributed by atoms with E-state index < -0.39 is 11.6 Å². The molecule has 27 heavy (non-hydrogen) atoms. The average molecular weight is 376 g/mol. The van der Waals surface area contributed by atoms with Crippen LogP contribution in [0.1, 0.15) is 5.56 Å². The van der Waals surface area contributed by atoms with E-state index in [1.165, 1.54) is 18.2 Å². The standard InChI is InChI=1S/C20H22F2N2O3/c1-26-17-7-6-14(12-18(17)27-2)13-19(25)23-8-10-24(11-9-23)20-15(21)4-3-5-16(20)22/h3-7,12H,8-11,13H2,1-2H3. The van der Waals surface area contributed by atoms with Gasteiger partial charge in [-0.15, -0.1) is 0 Å². The van der Waals surface area contributed by atoms with Gasteiger partial charge in [-0.1, -0.05) is 12.1 Å². The lowest BCUT2D eigenvalue weighted by Gasteiger charge is -2.36. The summed E-state index contributed by atoms with van der Waals surface area (Å²) in [7, 11) is 3.10. The summed E-state index contributed by atoms with van der Waals surface area (Å²) in [5, 5.41) is 0. The van der Waals surface area contributed by atoms with Crippen molar-refractivity contribution < 1.29 is 23.0 Å². The number of piperazine rings is 1. The highest BCUT2D eigenvalue weighted by atomic mass is 19.1. The van der Waals surface area contributed by atoms with Gasteiger partial charge in [-0.3, -0.25) is 4.79 Å². The molecular weight excluding hydrogens is 354 g/mol. The Morgan fingerprint density at radius 3 is 2.19 bits per heavy atom. The number of anilines is 1. The zero-order valence-electron chi connectivity index (χ0n) is 15.4. The van der Waals surface area contributed by atoms with Gasteiger partial charge >= 0.3 is 0 Å². The summed E-state index contributed by atoms with van der Waals surface area (Å²) in [5.41, 5.74) is 0.796. The van der Waals surface area contributed by atoms with Crippen LogP contribution in [0.2, 0.25) is 0 Å². The fourth-order valence-electron chi connectivity index (χ4n) is 3.25. The van der Waals surface area contributed by atoms with Crippen LogP contribution in [0, 0.1) is 11.6 Å². The second kappa shape index (κ2) is 8.24. The quantitative estimate of drug-likeness (QED) is 0.805. The fraction of sp³-hybridized carbons (Fsp3) is 0.350. The van der Waals surface area contributed by atoms with Crippen LogP contribution < -0.4 is 14.4 Å².